The van der Waals surface area contributed by atoms with Gasteiger partial charge in [-0.3, -0.25) is 37.3 Å². The molecule has 0 radical (unpaired) electrons. The van der Waals surface area contributed by atoms with Crippen LogP contribution in [0.2, 0.25) is 0 Å². The predicted octanol–water partition coefficient (Wildman–Crippen LogP) is 18.7. The van der Waals surface area contributed by atoms with Crippen LogP contribution in [0.25, 0.3) is 0 Å². The highest BCUT2D eigenvalue weighted by Gasteiger charge is 2.30. The Hall–Kier alpha value is -1.94. The third kappa shape index (κ3) is 59.7. The summed E-state index contributed by atoms with van der Waals surface area (Å²) in [6, 6.07) is 0. The van der Waals surface area contributed by atoms with Crippen molar-refractivity contribution in [3.63, 3.8) is 0 Å². The molecule has 6 atom stereocenters. The quantitative estimate of drug-likeness (QED) is 0.0222. The molecule has 0 aromatic rings. The Morgan fingerprint density at radius 2 is 0.593 bits per heavy atom. The molecular formula is C67H130O17P2. The van der Waals surface area contributed by atoms with Crippen molar-refractivity contribution >= 4 is 39.5 Å². The van der Waals surface area contributed by atoms with Gasteiger partial charge in [-0.2, -0.15) is 0 Å². The molecule has 0 fully saturated rings. The first-order chi connectivity index (χ1) is 41.3. The Labute approximate surface area is 524 Å². The van der Waals surface area contributed by atoms with Crippen molar-refractivity contribution in [2.45, 2.75) is 349 Å². The number of phosphoric ester groups is 2. The van der Waals surface area contributed by atoms with Crippen LogP contribution in [-0.4, -0.2) is 96.7 Å². The topological polar surface area (TPSA) is 237 Å². The van der Waals surface area contributed by atoms with Crippen LogP contribution in [0, 0.1) is 17.8 Å². The minimum absolute atomic E-state index is 0.103. The zero-order valence-corrected chi connectivity index (χ0v) is 57.6. The van der Waals surface area contributed by atoms with Gasteiger partial charge in [-0.25, -0.2) is 9.13 Å². The Bertz CT molecular complexity index is 1700. The lowest BCUT2D eigenvalue weighted by atomic mass is 9.99. The molecule has 0 aromatic heterocycles. The Morgan fingerprint density at radius 3 is 0.884 bits per heavy atom. The fourth-order valence-electron chi connectivity index (χ4n) is 9.98. The van der Waals surface area contributed by atoms with Crippen molar-refractivity contribution in [1.29, 1.82) is 0 Å². The second kappa shape index (κ2) is 58.2. The van der Waals surface area contributed by atoms with Gasteiger partial charge in [0, 0.05) is 25.7 Å². The molecule has 3 N–H and O–H groups in total. The van der Waals surface area contributed by atoms with Gasteiger partial charge in [0.05, 0.1) is 26.4 Å². The smallest absolute Gasteiger partial charge is 0.462 e. The Balaban J connectivity index is 5.24. The van der Waals surface area contributed by atoms with Crippen LogP contribution >= 0.6 is 15.6 Å². The highest BCUT2D eigenvalue weighted by atomic mass is 31.2. The number of phosphoric acid groups is 2. The second-order valence-corrected chi connectivity index (χ2v) is 28.3. The number of aliphatic hydroxyl groups excluding tert-OH is 1. The maximum atomic E-state index is 13.0. The fraction of sp³-hybridized carbons (Fsp3) is 0.940. The molecule has 0 heterocycles. The molecule has 0 spiro atoms. The SMILES string of the molecule is CCCCCCCCCCCC(=O)OC[C@H](COP(=O)(O)OC[C@H](O)COP(=O)(O)OC[C@@H](COC(=O)CCCCCCCCCCC(C)CC)OC(=O)CCCCCCCCCCCCCCC(C)C)OC(=O)CCCCCCCCCC(C)C. The van der Waals surface area contributed by atoms with E-state index in [4.69, 9.17) is 37.0 Å². The molecule has 86 heavy (non-hydrogen) atoms. The number of carbonyl (C=O) groups is 4. The molecule has 3 unspecified atom stereocenters. The van der Waals surface area contributed by atoms with Gasteiger partial charge in [0.25, 0.3) is 0 Å². The summed E-state index contributed by atoms with van der Waals surface area (Å²) in [5, 5.41) is 10.6. The van der Waals surface area contributed by atoms with E-state index in [1.165, 1.54) is 141 Å². The largest absolute Gasteiger partial charge is 0.472 e. The first-order valence-corrected chi connectivity index (χ1v) is 37.9. The van der Waals surface area contributed by atoms with Gasteiger partial charge in [0.15, 0.2) is 12.2 Å². The number of esters is 4. The summed E-state index contributed by atoms with van der Waals surface area (Å²) < 4.78 is 68.1. The normalized spacial score (nSPS) is 14.6. The van der Waals surface area contributed by atoms with E-state index < -0.39 is 97.5 Å². The van der Waals surface area contributed by atoms with Crippen molar-refractivity contribution in [1.82, 2.24) is 0 Å². The molecule has 0 aromatic carbocycles. The molecule has 0 aliphatic heterocycles. The van der Waals surface area contributed by atoms with E-state index >= 15 is 0 Å². The highest BCUT2D eigenvalue weighted by molar-refractivity contribution is 7.47. The molecule has 0 amide bonds. The summed E-state index contributed by atoms with van der Waals surface area (Å²) >= 11 is 0. The first kappa shape index (κ1) is 84.1. The molecule has 510 valence electrons. The molecule has 0 aliphatic carbocycles. The number of ether oxygens (including phenoxy) is 4. The van der Waals surface area contributed by atoms with Crippen LogP contribution in [0.15, 0.2) is 0 Å². The van der Waals surface area contributed by atoms with Crippen LogP contribution in [0.4, 0.5) is 0 Å². The average molecular weight is 1270 g/mol. The van der Waals surface area contributed by atoms with Crippen LogP contribution in [0.5, 0.6) is 0 Å². The summed E-state index contributed by atoms with van der Waals surface area (Å²) in [4.78, 5) is 72.3. The van der Waals surface area contributed by atoms with Gasteiger partial charge in [-0.15, -0.1) is 0 Å². The minimum Gasteiger partial charge on any atom is -0.462 e. The number of unbranched alkanes of at least 4 members (excludes halogenated alkanes) is 32. The maximum Gasteiger partial charge on any atom is 0.472 e. The predicted molar refractivity (Wildman–Crippen MR) is 344 cm³/mol. The van der Waals surface area contributed by atoms with Gasteiger partial charge in [0.1, 0.15) is 19.3 Å². The molecule has 0 aliphatic rings. The van der Waals surface area contributed by atoms with Crippen LogP contribution in [-0.2, 0) is 65.4 Å². The summed E-state index contributed by atoms with van der Waals surface area (Å²) in [7, 11) is -9.89. The lowest BCUT2D eigenvalue weighted by Crippen LogP contribution is -2.30. The summed E-state index contributed by atoms with van der Waals surface area (Å²) in [6.45, 7) is 11.8. The van der Waals surface area contributed by atoms with Gasteiger partial charge in [0.2, 0.25) is 0 Å². The molecule has 19 heteroatoms. The second-order valence-electron chi connectivity index (χ2n) is 25.4. The summed E-state index contributed by atoms with van der Waals surface area (Å²) in [5.74, 6) is 0.116. The number of hydrogen-bond donors (Lipinski definition) is 3. The highest BCUT2D eigenvalue weighted by Crippen LogP contribution is 2.45. The average Bonchev–Trinajstić information content (AvgIpc) is 3.69. The third-order valence-electron chi connectivity index (χ3n) is 15.7. The summed E-state index contributed by atoms with van der Waals surface area (Å²) in [6.07, 6.45) is 40.3. The standard InChI is InChI=1S/C67H130O17P2/c1-8-10-11-12-13-18-27-34-41-48-64(69)77-55-63(84-67(72)51-44-37-30-23-25-32-39-46-59(5)6)57-82-86(75,76)80-53-61(68)52-79-85(73,74)81-56-62(54-78-65(70)49-42-35-28-22-21-26-33-40-47-60(7)9-2)83-66(71)50-43-36-29-20-17-15-14-16-19-24-31-38-45-58(3)4/h58-63,68H,8-57H2,1-7H3,(H,73,74)(H,75,76)/t60?,61-,62-,63-/m1/s1. The molecule has 0 rings (SSSR count). The lowest BCUT2D eigenvalue weighted by Gasteiger charge is -2.21. The van der Waals surface area contributed by atoms with Crippen LogP contribution < -0.4 is 0 Å². The van der Waals surface area contributed by atoms with E-state index in [2.05, 4.69) is 48.5 Å². The van der Waals surface area contributed by atoms with Crippen molar-refractivity contribution in [3.05, 3.63) is 0 Å². The van der Waals surface area contributed by atoms with Crippen LogP contribution in [0.3, 0.4) is 0 Å². The first-order valence-electron chi connectivity index (χ1n) is 34.9. The van der Waals surface area contributed by atoms with Crippen molar-refractivity contribution in [3.8, 4) is 0 Å². The molecule has 0 saturated heterocycles. The number of carbonyl (C=O) groups excluding carboxylic acids is 4. The van der Waals surface area contributed by atoms with E-state index in [1.807, 2.05) is 0 Å². The maximum absolute atomic E-state index is 13.0. The minimum atomic E-state index is -4.95. The molecule has 0 saturated carbocycles. The fourth-order valence-corrected chi connectivity index (χ4v) is 11.6. The van der Waals surface area contributed by atoms with E-state index in [0.717, 1.165) is 102 Å². The van der Waals surface area contributed by atoms with Crippen LogP contribution in [0.1, 0.15) is 331 Å². The summed E-state index contributed by atoms with van der Waals surface area (Å²) in [5.41, 5.74) is 0. The molecule has 0 bridgehead atoms. The molecule has 17 nitrogen and oxygen atoms in total. The van der Waals surface area contributed by atoms with Crippen molar-refractivity contribution in [2.24, 2.45) is 17.8 Å². The lowest BCUT2D eigenvalue weighted by molar-refractivity contribution is -0.161. The van der Waals surface area contributed by atoms with E-state index in [1.54, 1.807) is 0 Å². The van der Waals surface area contributed by atoms with E-state index in [9.17, 15) is 43.2 Å². The van der Waals surface area contributed by atoms with E-state index in [0.29, 0.717) is 31.6 Å². The molecular weight excluding hydrogens is 1140 g/mol. The Kier molecular flexibility index (Phi) is 56.9. The third-order valence-corrected chi connectivity index (χ3v) is 17.6. The number of hydrogen-bond acceptors (Lipinski definition) is 15. The zero-order chi connectivity index (χ0) is 63.8. The van der Waals surface area contributed by atoms with Gasteiger partial charge in [-0.05, 0) is 43.4 Å². The monoisotopic (exact) mass is 1270 g/mol. The van der Waals surface area contributed by atoms with Gasteiger partial charge in [-0.1, -0.05) is 280 Å². The van der Waals surface area contributed by atoms with E-state index in [-0.39, 0.29) is 25.7 Å². The Morgan fingerprint density at radius 1 is 0.337 bits per heavy atom. The van der Waals surface area contributed by atoms with Crippen molar-refractivity contribution in [2.75, 3.05) is 39.6 Å². The number of aliphatic hydroxyl groups is 1. The van der Waals surface area contributed by atoms with Gasteiger partial charge < -0.3 is 33.8 Å². The van der Waals surface area contributed by atoms with Crippen molar-refractivity contribution < 1.29 is 80.2 Å². The zero-order valence-electron chi connectivity index (χ0n) is 55.8. The van der Waals surface area contributed by atoms with Gasteiger partial charge >= 0.3 is 39.5 Å². The number of rotatable bonds is 65.